The van der Waals surface area contributed by atoms with Crippen LogP contribution in [-0.4, -0.2) is 15.9 Å². The molecule has 0 aromatic heterocycles. The predicted molar refractivity (Wildman–Crippen MR) is 81.2 cm³/mol. The van der Waals surface area contributed by atoms with E-state index in [4.69, 9.17) is 0 Å². The predicted octanol–water partition coefficient (Wildman–Crippen LogP) is 3.82. The van der Waals surface area contributed by atoms with Crippen molar-refractivity contribution in [2.45, 2.75) is 19.0 Å². The summed E-state index contributed by atoms with van der Waals surface area (Å²) in [6, 6.07) is 19.7. The van der Waals surface area contributed by atoms with Gasteiger partial charge in [-0.1, -0.05) is 60.7 Å². The van der Waals surface area contributed by atoms with Crippen molar-refractivity contribution in [2.75, 3.05) is 6.16 Å². The molecular formula is C16H20O2P+. The molecule has 0 amide bonds. The highest BCUT2D eigenvalue weighted by Crippen LogP contribution is 2.62. The Hall–Kier alpha value is -1.21. The summed E-state index contributed by atoms with van der Waals surface area (Å²) >= 11 is 0. The van der Waals surface area contributed by atoms with Crippen molar-refractivity contribution in [3.8, 4) is 0 Å². The minimum Gasteiger partial charge on any atom is -0.220 e. The van der Waals surface area contributed by atoms with Gasteiger partial charge in [0, 0.05) is 6.42 Å². The normalized spacial score (nSPS) is 13.2. The van der Waals surface area contributed by atoms with Crippen molar-refractivity contribution in [1.82, 2.24) is 0 Å². The Balaban J connectivity index is 2.02. The van der Waals surface area contributed by atoms with E-state index in [1.54, 1.807) is 0 Å². The van der Waals surface area contributed by atoms with Crippen LogP contribution >= 0.6 is 7.72 Å². The third-order valence-corrected chi connectivity index (χ3v) is 5.90. The molecule has 0 saturated heterocycles. The average molecular weight is 275 g/mol. The maximum atomic E-state index is 10.4. The van der Waals surface area contributed by atoms with Gasteiger partial charge in [-0.15, -0.1) is 0 Å². The molecule has 2 aromatic rings. The standard InChI is InChI=1S/C16H20O2P/c1-14(16-10-6-3-7-11-16)19(17,18)13-12-15-8-4-2-5-9-15/h2-11,14,17-18H,12-13H2,1H3/q+1. The van der Waals surface area contributed by atoms with Gasteiger partial charge < -0.3 is 0 Å². The van der Waals surface area contributed by atoms with Gasteiger partial charge in [-0.25, -0.2) is 9.79 Å². The molecule has 3 heteroatoms. The molecule has 1 unspecified atom stereocenters. The lowest BCUT2D eigenvalue weighted by atomic mass is 10.2. The summed E-state index contributed by atoms with van der Waals surface area (Å²) < 4.78 is 0. The molecule has 19 heavy (non-hydrogen) atoms. The second-order valence-corrected chi connectivity index (χ2v) is 7.63. The lowest BCUT2D eigenvalue weighted by Gasteiger charge is -2.20. The molecule has 0 aliphatic rings. The molecule has 2 nitrogen and oxygen atoms in total. The van der Waals surface area contributed by atoms with Gasteiger partial charge >= 0.3 is 0 Å². The van der Waals surface area contributed by atoms with Gasteiger partial charge in [-0.2, -0.15) is 0 Å². The van der Waals surface area contributed by atoms with Gasteiger partial charge in [0.1, 0.15) is 11.8 Å². The van der Waals surface area contributed by atoms with Crippen molar-refractivity contribution in [3.05, 3.63) is 71.8 Å². The zero-order valence-electron chi connectivity index (χ0n) is 11.1. The quantitative estimate of drug-likeness (QED) is 0.814. The Morgan fingerprint density at radius 1 is 0.895 bits per heavy atom. The molecule has 2 N–H and O–H groups in total. The van der Waals surface area contributed by atoms with Crippen LogP contribution in [0.25, 0.3) is 0 Å². The van der Waals surface area contributed by atoms with Crippen molar-refractivity contribution in [1.29, 1.82) is 0 Å². The van der Waals surface area contributed by atoms with E-state index in [0.29, 0.717) is 12.6 Å². The maximum Gasteiger partial charge on any atom is 0.275 e. The second kappa shape index (κ2) is 6.29. The van der Waals surface area contributed by atoms with Crippen LogP contribution in [0.3, 0.4) is 0 Å². The highest BCUT2D eigenvalue weighted by Gasteiger charge is 2.40. The number of hydrogen-bond acceptors (Lipinski definition) is 2. The summed E-state index contributed by atoms with van der Waals surface area (Å²) in [5.41, 5.74) is 1.95. The molecule has 0 aliphatic heterocycles. The molecule has 0 aliphatic carbocycles. The molecule has 100 valence electrons. The second-order valence-electron chi connectivity index (χ2n) is 4.83. The van der Waals surface area contributed by atoms with Crippen molar-refractivity contribution < 1.29 is 9.79 Å². The zero-order chi connectivity index (χ0) is 13.7. The summed E-state index contributed by atoms with van der Waals surface area (Å²) in [5, 5.41) is 0. The van der Waals surface area contributed by atoms with Gasteiger partial charge in [0.15, 0.2) is 0 Å². The summed E-state index contributed by atoms with van der Waals surface area (Å²) in [5.74, 6) is 0. The van der Waals surface area contributed by atoms with E-state index in [1.165, 1.54) is 0 Å². The van der Waals surface area contributed by atoms with Gasteiger partial charge in [-0.3, -0.25) is 0 Å². The fourth-order valence-electron chi connectivity index (χ4n) is 2.10. The van der Waals surface area contributed by atoms with E-state index < -0.39 is 7.72 Å². The third-order valence-electron chi connectivity index (χ3n) is 3.47. The molecular weight excluding hydrogens is 255 g/mol. The third kappa shape index (κ3) is 3.87. The van der Waals surface area contributed by atoms with Crippen LogP contribution in [0.4, 0.5) is 0 Å². The molecule has 0 bridgehead atoms. The number of benzene rings is 2. The van der Waals surface area contributed by atoms with E-state index in [1.807, 2.05) is 67.6 Å². The van der Waals surface area contributed by atoms with Crippen molar-refractivity contribution in [2.24, 2.45) is 0 Å². The van der Waals surface area contributed by atoms with E-state index in [9.17, 15) is 9.79 Å². The Morgan fingerprint density at radius 3 is 2.00 bits per heavy atom. The minimum absolute atomic E-state index is 0.197. The average Bonchev–Trinajstić information content (AvgIpc) is 2.46. The van der Waals surface area contributed by atoms with Crippen LogP contribution in [0, 0.1) is 0 Å². The van der Waals surface area contributed by atoms with Crippen LogP contribution in [0.5, 0.6) is 0 Å². The number of hydrogen-bond donors (Lipinski definition) is 2. The molecule has 0 saturated carbocycles. The number of aryl methyl sites for hydroxylation is 1. The SMILES string of the molecule is CC(c1ccccc1)[P+](O)(O)CCc1ccccc1. The van der Waals surface area contributed by atoms with Crippen molar-refractivity contribution in [3.63, 3.8) is 0 Å². The summed E-state index contributed by atoms with van der Waals surface area (Å²) in [6.07, 6.45) is 1.14. The van der Waals surface area contributed by atoms with E-state index >= 15 is 0 Å². The molecule has 0 radical (unpaired) electrons. The van der Waals surface area contributed by atoms with Crippen LogP contribution in [-0.2, 0) is 6.42 Å². The van der Waals surface area contributed by atoms with Gasteiger partial charge in [-0.05, 0) is 18.1 Å². The van der Waals surface area contributed by atoms with Crippen LogP contribution in [0.1, 0.15) is 23.7 Å². The van der Waals surface area contributed by atoms with Gasteiger partial charge in [0.25, 0.3) is 7.72 Å². The highest BCUT2D eigenvalue weighted by molar-refractivity contribution is 7.64. The topological polar surface area (TPSA) is 40.5 Å². The van der Waals surface area contributed by atoms with Gasteiger partial charge in [0.2, 0.25) is 0 Å². The molecule has 2 rings (SSSR count). The summed E-state index contributed by atoms with van der Waals surface area (Å²) in [6.45, 7) is 1.90. The Labute approximate surface area is 115 Å². The molecule has 0 spiro atoms. The Bertz CT molecular complexity index is 497. The number of rotatable bonds is 5. The zero-order valence-corrected chi connectivity index (χ0v) is 12.0. The summed E-state index contributed by atoms with van der Waals surface area (Å²) in [7, 11) is -2.92. The first-order chi connectivity index (χ1) is 9.09. The Kier molecular flexibility index (Phi) is 4.71. The first-order valence-corrected chi connectivity index (χ1v) is 8.46. The van der Waals surface area contributed by atoms with Crippen LogP contribution < -0.4 is 0 Å². The first kappa shape index (κ1) is 14.2. The fourth-order valence-corrected chi connectivity index (χ4v) is 3.73. The molecule has 0 fully saturated rings. The van der Waals surface area contributed by atoms with Crippen molar-refractivity contribution >= 4 is 7.72 Å². The highest BCUT2D eigenvalue weighted by atomic mass is 31.2. The van der Waals surface area contributed by atoms with Crippen LogP contribution in [0.15, 0.2) is 60.7 Å². The molecule has 0 heterocycles. The monoisotopic (exact) mass is 275 g/mol. The first-order valence-electron chi connectivity index (χ1n) is 6.52. The maximum absolute atomic E-state index is 10.4. The van der Waals surface area contributed by atoms with E-state index in [0.717, 1.165) is 11.1 Å². The largest absolute Gasteiger partial charge is 0.275 e. The van der Waals surface area contributed by atoms with E-state index in [-0.39, 0.29) is 5.66 Å². The van der Waals surface area contributed by atoms with Crippen LogP contribution in [0.2, 0.25) is 0 Å². The van der Waals surface area contributed by atoms with Gasteiger partial charge in [0.05, 0.1) is 0 Å². The fraction of sp³-hybridized carbons (Fsp3) is 0.250. The van der Waals surface area contributed by atoms with E-state index in [2.05, 4.69) is 0 Å². The summed E-state index contributed by atoms with van der Waals surface area (Å²) in [4.78, 5) is 20.7. The Morgan fingerprint density at radius 2 is 1.42 bits per heavy atom. The lowest BCUT2D eigenvalue weighted by molar-refractivity contribution is 0.435. The smallest absolute Gasteiger partial charge is 0.220 e. The lowest BCUT2D eigenvalue weighted by Crippen LogP contribution is -2.07. The molecule has 2 aromatic carbocycles. The molecule has 1 atom stereocenters. The minimum atomic E-state index is -2.92.